The molecule has 0 N–H and O–H groups in total. The Morgan fingerprint density at radius 1 is 1.14 bits per heavy atom. The fraction of sp³-hybridized carbons (Fsp3) is 0.875. The lowest BCUT2D eigenvalue weighted by atomic mass is 9.93. The third-order valence-electron chi connectivity index (χ3n) is 4.94. The summed E-state index contributed by atoms with van der Waals surface area (Å²) in [6, 6.07) is -0.0422. The largest absolute Gasteiger partial charge is 0.546 e. The van der Waals surface area contributed by atoms with Gasteiger partial charge >= 0.3 is 0 Å². The molecule has 1 aliphatic carbocycles. The molecule has 0 spiro atoms. The van der Waals surface area contributed by atoms with Crippen LogP contribution in [0.25, 0.3) is 10.4 Å². The second-order valence-corrected chi connectivity index (χ2v) is 12.6. The van der Waals surface area contributed by atoms with E-state index >= 15 is 0 Å². The molecule has 1 rings (SSSR count). The first kappa shape index (κ1) is 18.1. The van der Waals surface area contributed by atoms with Gasteiger partial charge in [0.05, 0.1) is 11.8 Å². The standard InChI is InChI=1S/C16H31N3OSi/c1-11(2)21(12(3)4,13(5)6)20-16-10-15(18-19-17)9-8-14(16)7/h10-15H,8-9H2,1-7H3/t14-,15+/m0/s1. The van der Waals surface area contributed by atoms with E-state index in [-0.39, 0.29) is 6.04 Å². The first-order valence-corrected chi connectivity index (χ1v) is 10.3. The van der Waals surface area contributed by atoms with Gasteiger partial charge in [-0.2, -0.15) is 0 Å². The number of hydrogen-bond donors (Lipinski definition) is 0. The minimum absolute atomic E-state index is 0.0422. The van der Waals surface area contributed by atoms with Gasteiger partial charge in [-0.15, -0.1) is 0 Å². The van der Waals surface area contributed by atoms with Crippen molar-refractivity contribution in [3.63, 3.8) is 0 Å². The van der Waals surface area contributed by atoms with Crippen LogP contribution in [0.2, 0.25) is 16.6 Å². The van der Waals surface area contributed by atoms with Gasteiger partial charge < -0.3 is 4.43 Å². The lowest BCUT2D eigenvalue weighted by Crippen LogP contribution is -2.48. The maximum Gasteiger partial charge on any atom is 0.258 e. The van der Waals surface area contributed by atoms with E-state index < -0.39 is 8.32 Å². The van der Waals surface area contributed by atoms with Crippen molar-refractivity contribution in [3.8, 4) is 0 Å². The third kappa shape index (κ3) is 3.83. The maximum atomic E-state index is 8.66. The zero-order valence-electron chi connectivity index (χ0n) is 14.6. The van der Waals surface area contributed by atoms with Crippen molar-refractivity contribution < 1.29 is 4.43 Å². The van der Waals surface area contributed by atoms with E-state index in [0.717, 1.165) is 18.6 Å². The Morgan fingerprint density at radius 2 is 1.67 bits per heavy atom. The normalized spacial score (nSPS) is 23.2. The topological polar surface area (TPSA) is 58.0 Å². The fourth-order valence-corrected chi connectivity index (χ4v) is 9.23. The van der Waals surface area contributed by atoms with Gasteiger partial charge in [-0.05, 0) is 41.1 Å². The molecule has 4 nitrogen and oxygen atoms in total. The van der Waals surface area contributed by atoms with Crippen LogP contribution in [0, 0.1) is 5.92 Å². The number of azide groups is 1. The molecule has 2 atom stereocenters. The molecule has 21 heavy (non-hydrogen) atoms. The van der Waals surface area contributed by atoms with E-state index in [1.807, 2.05) is 0 Å². The Balaban J connectivity index is 3.14. The van der Waals surface area contributed by atoms with Crippen molar-refractivity contribution in [3.05, 3.63) is 22.3 Å². The first-order valence-electron chi connectivity index (χ1n) is 8.20. The lowest BCUT2D eigenvalue weighted by molar-refractivity contribution is 0.291. The van der Waals surface area contributed by atoms with Gasteiger partial charge in [-0.3, -0.25) is 0 Å². The second-order valence-electron chi connectivity index (χ2n) is 7.24. The van der Waals surface area contributed by atoms with Crippen LogP contribution in [0.3, 0.4) is 0 Å². The summed E-state index contributed by atoms with van der Waals surface area (Å²) in [7, 11) is -1.91. The zero-order chi connectivity index (χ0) is 16.2. The highest BCUT2D eigenvalue weighted by Crippen LogP contribution is 2.45. The molecular weight excluding hydrogens is 278 g/mol. The summed E-state index contributed by atoms with van der Waals surface area (Å²) in [6.45, 7) is 16.0. The Kier molecular flexibility index (Phi) is 6.35. The van der Waals surface area contributed by atoms with Crippen LogP contribution in [-0.4, -0.2) is 14.4 Å². The summed E-state index contributed by atoms with van der Waals surface area (Å²) in [5, 5.41) is 3.87. The molecule has 1 aliphatic rings. The Hall–Kier alpha value is -0.933. The SMILES string of the molecule is CC(C)[Si](OC1=C[C@H](N=[N+]=[N-])CC[C@@H]1C)(C(C)C)C(C)C. The van der Waals surface area contributed by atoms with E-state index in [9.17, 15) is 0 Å². The molecule has 0 aliphatic heterocycles. The van der Waals surface area contributed by atoms with Gasteiger partial charge in [0.1, 0.15) is 0 Å². The fourth-order valence-electron chi connectivity index (χ4n) is 3.85. The predicted molar refractivity (Wildman–Crippen MR) is 91.5 cm³/mol. The lowest BCUT2D eigenvalue weighted by Gasteiger charge is -2.44. The molecule has 0 radical (unpaired) electrons. The molecule has 0 unspecified atom stereocenters. The Labute approximate surface area is 130 Å². The Morgan fingerprint density at radius 3 is 2.10 bits per heavy atom. The summed E-state index contributed by atoms with van der Waals surface area (Å²) in [5.41, 5.74) is 10.3. The minimum atomic E-state index is -1.91. The summed E-state index contributed by atoms with van der Waals surface area (Å²) in [4.78, 5) is 2.96. The van der Waals surface area contributed by atoms with Crippen LogP contribution in [0.15, 0.2) is 16.9 Å². The smallest absolute Gasteiger partial charge is 0.258 e. The Bertz CT molecular complexity index is 403. The molecule has 0 heterocycles. The molecule has 0 bridgehead atoms. The quantitative estimate of drug-likeness (QED) is 0.250. The van der Waals surface area contributed by atoms with E-state index in [1.165, 1.54) is 0 Å². The highest BCUT2D eigenvalue weighted by atomic mass is 28.4. The van der Waals surface area contributed by atoms with Crippen LogP contribution in [0.4, 0.5) is 0 Å². The van der Waals surface area contributed by atoms with Crippen LogP contribution < -0.4 is 0 Å². The molecule has 0 amide bonds. The van der Waals surface area contributed by atoms with E-state index in [2.05, 4.69) is 64.6 Å². The second kappa shape index (κ2) is 7.37. The maximum absolute atomic E-state index is 8.66. The van der Waals surface area contributed by atoms with Gasteiger partial charge in [0.25, 0.3) is 8.32 Å². The summed E-state index contributed by atoms with van der Waals surface area (Å²) < 4.78 is 6.77. The van der Waals surface area contributed by atoms with Crippen LogP contribution in [-0.2, 0) is 4.43 Å². The number of hydrogen-bond acceptors (Lipinski definition) is 2. The van der Waals surface area contributed by atoms with Crippen molar-refractivity contribution in [2.24, 2.45) is 11.0 Å². The van der Waals surface area contributed by atoms with Crippen molar-refractivity contribution in [1.82, 2.24) is 0 Å². The zero-order valence-corrected chi connectivity index (χ0v) is 15.6. The molecule has 0 aromatic rings. The number of nitrogens with zero attached hydrogens (tertiary/aromatic N) is 3. The molecule has 120 valence electrons. The van der Waals surface area contributed by atoms with Gasteiger partial charge in [0.15, 0.2) is 0 Å². The molecule has 0 saturated heterocycles. The van der Waals surface area contributed by atoms with Gasteiger partial charge in [-0.25, -0.2) is 0 Å². The van der Waals surface area contributed by atoms with Crippen molar-refractivity contribution in [2.45, 2.75) is 84.0 Å². The van der Waals surface area contributed by atoms with Crippen LogP contribution in [0.5, 0.6) is 0 Å². The monoisotopic (exact) mass is 309 g/mol. The van der Waals surface area contributed by atoms with E-state index in [1.54, 1.807) is 0 Å². The van der Waals surface area contributed by atoms with Gasteiger partial charge in [0, 0.05) is 10.8 Å². The summed E-state index contributed by atoms with van der Waals surface area (Å²) >= 11 is 0. The van der Waals surface area contributed by atoms with E-state index in [4.69, 9.17) is 9.96 Å². The van der Waals surface area contributed by atoms with E-state index in [0.29, 0.717) is 22.5 Å². The average molecular weight is 310 g/mol. The van der Waals surface area contributed by atoms with Crippen molar-refractivity contribution in [1.29, 1.82) is 0 Å². The first-order chi connectivity index (χ1) is 9.75. The van der Waals surface area contributed by atoms with Gasteiger partial charge in [-0.1, -0.05) is 53.6 Å². The number of rotatable bonds is 6. The molecular formula is C16H31N3OSi. The molecule has 0 aromatic heterocycles. The minimum Gasteiger partial charge on any atom is -0.546 e. The van der Waals surface area contributed by atoms with Crippen LogP contribution in [0.1, 0.15) is 61.3 Å². The van der Waals surface area contributed by atoms with Crippen LogP contribution >= 0.6 is 0 Å². The summed E-state index contributed by atoms with van der Waals surface area (Å²) in [6.07, 6.45) is 4.04. The van der Waals surface area contributed by atoms with Crippen molar-refractivity contribution in [2.75, 3.05) is 0 Å². The average Bonchev–Trinajstić information content (AvgIpc) is 2.38. The molecule has 0 aromatic carbocycles. The molecule has 0 fully saturated rings. The van der Waals surface area contributed by atoms with Crippen molar-refractivity contribution >= 4 is 8.32 Å². The highest BCUT2D eigenvalue weighted by Gasteiger charge is 2.47. The molecule has 5 heteroatoms. The summed E-state index contributed by atoms with van der Waals surface area (Å²) in [5.74, 6) is 1.50. The van der Waals surface area contributed by atoms with Gasteiger partial charge in [0.2, 0.25) is 0 Å². The number of allylic oxidation sites excluding steroid dienone is 1. The molecule has 0 saturated carbocycles. The predicted octanol–water partition coefficient (Wildman–Crippen LogP) is 6.17. The highest BCUT2D eigenvalue weighted by molar-refractivity contribution is 6.77. The third-order valence-corrected chi connectivity index (χ3v) is 10.9.